The van der Waals surface area contributed by atoms with Gasteiger partial charge in [-0.25, -0.2) is 0 Å². The summed E-state index contributed by atoms with van der Waals surface area (Å²) in [7, 11) is 0. The van der Waals surface area contributed by atoms with Crippen LogP contribution in [0.25, 0.3) is 0 Å². The maximum atomic E-state index is 6.14. The molecule has 1 aliphatic rings. The lowest BCUT2D eigenvalue weighted by molar-refractivity contribution is -0.0551. The fourth-order valence-electron chi connectivity index (χ4n) is 2.18. The number of benzene rings is 1. The highest BCUT2D eigenvalue weighted by Crippen LogP contribution is 2.42. The quantitative estimate of drug-likeness (QED) is 0.731. The standard InChI is InChI=1S/C14H17BrO/c1-10-9-12(11-7-5-4-6-8-11)16-14(2,3)13(10)15/h4-8,12H,9H2,1-3H3. The minimum Gasteiger partial charge on any atom is -0.362 e. The van der Waals surface area contributed by atoms with Crippen LogP contribution in [0, 0.1) is 0 Å². The van der Waals surface area contributed by atoms with Crippen molar-refractivity contribution in [2.45, 2.75) is 38.9 Å². The number of hydrogen-bond donors (Lipinski definition) is 0. The van der Waals surface area contributed by atoms with Gasteiger partial charge in [0.25, 0.3) is 0 Å². The Hall–Kier alpha value is -0.600. The highest BCUT2D eigenvalue weighted by molar-refractivity contribution is 9.11. The highest BCUT2D eigenvalue weighted by Gasteiger charge is 2.33. The van der Waals surface area contributed by atoms with Crippen molar-refractivity contribution in [2.75, 3.05) is 0 Å². The van der Waals surface area contributed by atoms with Gasteiger partial charge in [0, 0.05) is 4.48 Å². The van der Waals surface area contributed by atoms with Gasteiger partial charge < -0.3 is 4.74 Å². The molecular formula is C14H17BrO. The summed E-state index contributed by atoms with van der Waals surface area (Å²) in [5, 5.41) is 0. The number of hydrogen-bond acceptors (Lipinski definition) is 1. The molecule has 1 atom stereocenters. The van der Waals surface area contributed by atoms with Crippen LogP contribution in [0.1, 0.15) is 38.9 Å². The Morgan fingerprint density at radius 2 is 1.88 bits per heavy atom. The zero-order chi connectivity index (χ0) is 11.8. The van der Waals surface area contributed by atoms with Crippen LogP contribution >= 0.6 is 15.9 Å². The van der Waals surface area contributed by atoms with Gasteiger partial charge in [-0.15, -0.1) is 0 Å². The van der Waals surface area contributed by atoms with Crippen molar-refractivity contribution >= 4 is 15.9 Å². The largest absolute Gasteiger partial charge is 0.362 e. The van der Waals surface area contributed by atoms with Crippen LogP contribution in [0.15, 0.2) is 40.4 Å². The third kappa shape index (κ3) is 2.23. The number of rotatable bonds is 1. The summed E-state index contributed by atoms with van der Waals surface area (Å²) < 4.78 is 7.32. The van der Waals surface area contributed by atoms with Crippen molar-refractivity contribution in [2.24, 2.45) is 0 Å². The second kappa shape index (κ2) is 4.34. The van der Waals surface area contributed by atoms with Gasteiger partial charge >= 0.3 is 0 Å². The summed E-state index contributed by atoms with van der Waals surface area (Å²) >= 11 is 3.63. The van der Waals surface area contributed by atoms with Crippen LogP contribution in [0.2, 0.25) is 0 Å². The molecule has 2 rings (SSSR count). The average Bonchev–Trinajstić information content (AvgIpc) is 2.26. The van der Waals surface area contributed by atoms with Crippen molar-refractivity contribution in [3.63, 3.8) is 0 Å². The summed E-state index contributed by atoms with van der Waals surface area (Å²) in [6, 6.07) is 10.4. The minimum atomic E-state index is -0.219. The molecule has 0 bridgehead atoms. The molecule has 1 heterocycles. The molecule has 0 saturated heterocycles. The smallest absolute Gasteiger partial charge is 0.0947 e. The second-order valence-corrected chi connectivity index (χ2v) is 5.62. The van der Waals surface area contributed by atoms with Crippen molar-refractivity contribution < 1.29 is 4.74 Å². The highest BCUT2D eigenvalue weighted by atomic mass is 79.9. The molecule has 1 aromatic rings. The predicted octanol–water partition coefficient (Wildman–Crippen LogP) is 4.60. The van der Waals surface area contributed by atoms with E-state index in [2.05, 4.69) is 61.0 Å². The molecule has 1 unspecified atom stereocenters. The first-order valence-electron chi connectivity index (χ1n) is 5.59. The van der Waals surface area contributed by atoms with Gasteiger partial charge in [0.05, 0.1) is 11.7 Å². The maximum absolute atomic E-state index is 6.14. The Morgan fingerprint density at radius 1 is 1.25 bits per heavy atom. The molecule has 86 valence electrons. The van der Waals surface area contributed by atoms with Crippen LogP contribution in [0.4, 0.5) is 0 Å². The van der Waals surface area contributed by atoms with E-state index in [9.17, 15) is 0 Å². The van der Waals surface area contributed by atoms with Crippen molar-refractivity contribution in [1.82, 2.24) is 0 Å². The van der Waals surface area contributed by atoms with E-state index in [1.807, 2.05) is 6.07 Å². The fourth-order valence-corrected chi connectivity index (χ4v) is 2.44. The van der Waals surface area contributed by atoms with Gasteiger partial charge in [0.1, 0.15) is 0 Å². The number of ether oxygens (including phenoxy) is 1. The average molecular weight is 281 g/mol. The van der Waals surface area contributed by atoms with E-state index in [1.165, 1.54) is 15.6 Å². The van der Waals surface area contributed by atoms with Gasteiger partial charge in [-0.1, -0.05) is 51.8 Å². The maximum Gasteiger partial charge on any atom is 0.0947 e. The molecule has 1 nitrogen and oxygen atoms in total. The molecule has 2 heteroatoms. The van der Waals surface area contributed by atoms with Gasteiger partial charge in [-0.2, -0.15) is 0 Å². The Balaban J connectivity index is 2.30. The third-order valence-corrected chi connectivity index (χ3v) is 4.63. The summed E-state index contributed by atoms with van der Waals surface area (Å²) in [4.78, 5) is 0. The molecule has 0 aromatic heterocycles. The van der Waals surface area contributed by atoms with E-state index >= 15 is 0 Å². The molecule has 1 aromatic carbocycles. The molecular weight excluding hydrogens is 264 g/mol. The van der Waals surface area contributed by atoms with Crippen molar-refractivity contribution in [3.8, 4) is 0 Å². The van der Waals surface area contributed by atoms with Gasteiger partial charge in [-0.05, 0) is 32.8 Å². The van der Waals surface area contributed by atoms with Gasteiger partial charge in [0.2, 0.25) is 0 Å². The second-order valence-electron chi connectivity index (χ2n) is 4.83. The first-order valence-corrected chi connectivity index (χ1v) is 6.38. The molecule has 0 N–H and O–H groups in total. The molecule has 1 aliphatic heterocycles. The minimum absolute atomic E-state index is 0.178. The fraction of sp³-hybridized carbons (Fsp3) is 0.429. The van der Waals surface area contributed by atoms with Crippen molar-refractivity contribution in [1.29, 1.82) is 0 Å². The first-order chi connectivity index (χ1) is 7.50. The molecule has 0 amide bonds. The summed E-state index contributed by atoms with van der Waals surface area (Å²) in [6.45, 7) is 6.38. The monoisotopic (exact) mass is 280 g/mol. The molecule has 0 fully saturated rings. The van der Waals surface area contributed by atoms with E-state index < -0.39 is 0 Å². The Morgan fingerprint density at radius 3 is 2.44 bits per heavy atom. The molecule has 0 aliphatic carbocycles. The van der Waals surface area contributed by atoms with Crippen molar-refractivity contribution in [3.05, 3.63) is 46.0 Å². The third-order valence-electron chi connectivity index (χ3n) is 3.00. The zero-order valence-electron chi connectivity index (χ0n) is 9.96. The SMILES string of the molecule is CC1=C(Br)C(C)(C)OC(c2ccccc2)C1. The topological polar surface area (TPSA) is 9.23 Å². The Kier molecular flexibility index (Phi) is 3.22. The molecule has 0 radical (unpaired) electrons. The predicted molar refractivity (Wildman–Crippen MR) is 70.6 cm³/mol. The lowest BCUT2D eigenvalue weighted by Crippen LogP contribution is -2.32. The van der Waals surface area contributed by atoms with Gasteiger partial charge in [0.15, 0.2) is 0 Å². The normalized spacial score (nSPS) is 24.6. The lowest BCUT2D eigenvalue weighted by atomic mass is 9.93. The van der Waals surface area contributed by atoms with Gasteiger partial charge in [-0.3, -0.25) is 0 Å². The summed E-state index contributed by atoms with van der Waals surface area (Å²) in [5.74, 6) is 0. The van der Waals surface area contributed by atoms with E-state index in [0.717, 1.165) is 6.42 Å². The van der Waals surface area contributed by atoms with Crippen LogP contribution in [-0.4, -0.2) is 5.60 Å². The van der Waals surface area contributed by atoms with E-state index in [1.54, 1.807) is 0 Å². The molecule has 0 spiro atoms. The zero-order valence-corrected chi connectivity index (χ0v) is 11.5. The van der Waals surface area contributed by atoms with Crippen LogP contribution in [-0.2, 0) is 4.74 Å². The summed E-state index contributed by atoms with van der Waals surface area (Å²) in [5.41, 5.74) is 2.42. The van der Waals surface area contributed by atoms with Crippen LogP contribution in [0.5, 0.6) is 0 Å². The molecule has 16 heavy (non-hydrogen) atoms. The van der Waals surface area contributed by atoms with Crippen LogP contribution in [0.3, 0.4) is 0 Å². The Bertz CT molecular complexity index is 406. The summed E-state index contributed by atoms with van der Waals surface area (Å²) in [6.07, 6.45) is 1.14. The Labute approximate surface area is 106 Å². The first kappa shape index (κ1) is 11.9. The van der Waals surface area contributed by atoms with E-state index in [0.29, 0.717) is 0 Å². The number of halogens is 1. The lowest BCUT2D eigenvalue weighted by Gasteiger charge is -2.37. The molecule has 0 saturated carbocycles. The van der Waals surface area contributed by atoms with E-state index in [4.69, 9.17) is 4.74 Å². The van der Waals surface area contributed by atoms with Crippen LogP contribution < -0.4 is 0 Å². The van der Waals surface area contributed by atoms with E-state index in [-0.39, 0.29) is 11.7 Å².